The number of nitrogens with zero attached hydrogens (tertiary/aromatic N) is 1. The number of thiazole rings is 1. The molecular weight excluding hydrogens is 428 g/mol. The summed E-state index contributed by atoms with van der Waals surface area (Å²) in [5.41, 5.74) is 3.00. The maximum atomic E-state index is 12.8. The third kappa shape index (κ3) is 4.07. The number of para-hydroxylation sites is 1. The lowest BCUT2D eigenvalue weighted by atomic mass is 10.2. The van der Waals surface area contributed by atoms with Crippen molar-refractivity contribution < 1.29 is 8.42 Å². The Labute approximate surface area is 177 Å². The van der Waals surface area contributed by atoms with Crippen LogP contribution in [0.15, 0.2) is 76.4 Å². The number of sulfonamides is 1. The molecule has 0 aliphatic heterocycles. The van der Waals surface area contributed by atoms with Crippen molar-refractivity contribution in [2.24, 2.45) is 0 Å². The molecule has 1 N–H and O–H groups in total. The number of aryl methyl sites for hydroxylation is 1. The summed E-state index contributed by atoms with van der Waals surface area (Å²) in [5, 5.41) is 0.632. The predicted molar refractivity (Wildman–Crippen MR) is 119 cm³/mol. The first-order chi connectivity index (χ1) is 13.8. The fourth-order valence-corrected chi connectivity index (χ4v) is 5.31. The SMILES string of the molecule is Cc1ccccc1NS(=O)(=O)c1ccc2c(c1)sc(=O)n2Cc1ccc(Cl)cc1. The van der Waals surface area contributed by atoms with E-state index in [4.69, 9.17) is 11.6 Å². The largest absolute Gasteiger partial charge is 0.308 e. The van der Waals surface area contributed by atoms with Gasteiger partial charge in [-0.3, -0.25) is 14.1 Å². The van der Waals surface area contributed by atoms with Gasteiger partial charge in [0.05, 0.1) is 27.3 Å². The summed E-state index contributed by atoms with van der Waals surface area (Å²) >= 11 is 6.95. The van der Waals surface area contributed by atoms with Crippen molar-refractivity contribution in [2.45, 2.75) is 18.4 Å². The van der Waals surface area contributed by atoms with Crippen molar-refractivity contribution in [3.8, 4) is 0 Å². The highest BCUT2D eigenvalue weighted by Crippen LogP contribution is 2.25. The molecule has 148 valence electrons. The van der Waals surface area contributed by atoms with Crippen molar-refractivity contribution in [1.29, 1.82) is 0 Å². The maximum absolute atomic E-state index is 12.8. The zero-order chi connectivity index (χ0) is 20.6. The van der Waals surface area contributed by atoms with E-state index in [9.17, 15) is 13.2 Å². The Hall–Kier alpha value is -2.61. The molecule has 0 bridgehead atoms. The second-order valence-corrected chi connectivity index (χ2v) is 9.74. The summed E-state index contributed by atoms with van der Waals surface area (Å²) in [4.78, 5) is 12.5. The van der Waals surface area contributed by atoms with Gasteiger partial charge < -0.3 is 0 Å². The number of rotatable bonds is 5. The Morgan fingerprint density at radius 2 is 1.76 bits per heavy atom. The molecule has 0 amide bonds. The topological polar surface area (TPSA) is 68.2 Å². The van der Waals surface area contributed by atoms with E-state index in [0.717, 1.165) is 22.5 Å². The lowest BCUT2D eigenvalue weighted by Crippen LogP contribution is -2.14. The number of anilines is 1. The van der Waals surface area contributed by atoms with Gasteiger partial charge in [0, 0.05) is 5.02 Å². The monoisotopic (exact) mass is 444 g/mol. The van der Waals surface area contributed by atoms with Crippen molar-refractivity contribution in [3.05, 3.63) is 92.5 Å². The van der Waals surface area contributed by atoms with Gasteiger partial charge in [0.1, 0.15) is 0 Å². The highest BCUT2D eigenvalue weighted by Gasteiger charge is 2.18. The molecule has 29 heavy (non-hydrogen) atoms. The van der Waals surface area contributed by atoms with E-state index >= 15 is 0 Å². The highest BCUT2D eigenvalue weighted by molar-refractivity contribution is 7.92. The maximum Gasteiger partial charge on any atom is 0.308 e. The van der Waals surface area contributed by atoms with Crippen molar-refractivity contribution in [3.63, 3.8) is 0 Å². The minimum atomic E-state index is -3.76. The van der Waals surface area contributed by atoms with Gasteiger partial charge in [0.25, 0.3) is 10.0 Å². The molecule has 0 spiro atoms. The molecule has 0 fully saturated rings. The number of nitrogens with one attached hydrogen (secondary N) is 1. The second kappa shape index (κ2) is 7.67. The van der Waals surface area contributed by atoms with Crippen LogP contribution < -0.4 is 9.60 Å². The van der Waals surface area contributed by atoms with E-state index in [1.54, 1.807) is 41.0 Å². The number of benzene rings is 3. The van der Waals surface area contributed by atoms with Gasteiger partial charge in [-0.1, -0.05) is 53.3 Å². The molecule has 0 saturated carbocycles. The number of fused-ring (bicyclic) bond motifs is 1. The Kier molecular flexibility index (Phi) is 5.21. The lowest BCUT2D eigenvalue weighted by molar-refractivity contribution is 0.601. The Morgan fingerprint density at radius 1 is 1.03 bits per heavy atom. The van der Waals surface area contributed by atoms with Crippen LogP contribution in [0.25, 0.3) is 10.2 Å². The van der Waals surface area contributed by atoms with Gasteiger partial charge >= 0.3 is 4.87 Å². The Balaban J connectivity index is 1.69. The highest BCUT2D eigenvalue weighted by atomic mass is 35.5. The van der Waals surface area contributed by atoms with Gasteiger partial charge in [-0.2, -0.15) is 0 Å². The van der Waals surface area contributed by atoms with Crippen LogP contribution in [0.1, 0.15) is 11.1 Å². The Bertz CT molecular complexity index is 1360. The molecule has 1 heterocycles. The first kappa shape index (κ1) is 19.7. The van der Waals surface area contributed by atoms with Crippen LogP contribution in [-0.2, 0) is 16.6 Å². The molecule has 0 radical (unpaired) electrons. The average Bonchev–Trinajstić information content (AvgIpc) is 3.00. The van der Waals surface area contributed by atoms with E-state index in [-0.39, 0.29) is 9.77 Å². The molecule has 4 rings (SSSR count). The third-order valence-electron chi connectivity index (χ3n) is 4.59. The molecule has 0 atom stereocenters. The fourth-order valence-electron chi connectivity index (χ4n) is 3.03. The summed E-state index contributed by atoms with van der Waals surface area (Å²) in [6.45, 7) is 2.23. The minimum Gasteiger partial charge on any atom is -0.294 e. The molecule has 4 aromatic rings. The first-order valence-electron chi connectivity index (χ1n) is 8.80. The fraction of sp³-hybridized carbons (Fsp3) is 0.0952. The first-order valence-corrected chi connectivity index (χ1v) is 11.5. The molecule has 0 saturated heterocycles. The van der Waals surface area contributed by atoms with Crippen LogP contribution in [0.2, 0.25) is 5.02 Å². The number of hydrogen-bond acceptors (Lipinski definition) is 4. The van der Waals surface area contributed by atoms with Gasteiger partial charge in [0.15, 0.2) is 0 Å². The molecule has 8 heteroatoms. The van der Waals surface area contributed by atoms with E-state index in [2.05, 4.69) is 4.72 Å². The molecule has 3 aromatic carbocycles. The summed E-state index contributed by atoms with van der Waals surface area (Å²) in [6, 6.07) is 19.2. The zero-order valence-corrected chi connectivity index (χ0v) is 17.8. The molecular formula is C21H17ClN2O3S2. The standard InChI is InChI=1S/C21H17ClN2O3S2/c1-14-4-2-3-5-18(14)23-29(26,27)17-10-11-19-20(12-17)28-21(25)24(19)13-15-6-8-16(22)9-7-15/h2-12,23H,13H2,1H3. The lowest BCUT2D eigenvalue weighted by Gasteiger charge is -2.10. The van der Waals surface area contributed by atoms with Crippen LogP contribution in [0.5, 0.6) is 0 Å². The van der Waals surface area contributed by atoms with Crippen LogP contribution in [0.3, 0.4) is 0 Å². The summed E-state index contributed by atoms with van der Waals surface area (Å²) in [5.74, 6) is 0. The van der Waals surface area contributed by atoms with Crippen LogP contribution in [0.4, 0.5) is 5.69 Å². The van der Waals surface area contributed by atoms with E-state index in [1.165, 1.54) is 6.07 Å². The van der Waals surface area contributed by atoms with Gasteiger partial charge in [0.2, 0.25) is 0 Å². The minimum absolute atomic E-state index is 0.119. The second-order valence-electron chi connectivity index (χ2n) is 6.63. The molecule has 0 unspecified atom stereocenters. The summed E-state index contributed by atoms with van der Waals surface area (Å²) in [6.07, 6.45) is 0. The Morgan fingerprint density at radius 3 is 2.48 bits per heavy atom. The van der Waals surface area contributed by atoms with Crippen molar-refractivity contribution >= 4 is 48.9 Å². The number of halogens is 1. The zero-order valence-electron chi connectivity index (χ0n) is 15.4. The average molecular weight is 445 g/mol. The normalized spacial score (nSPS) is 11.7. The van der Waals surface area contributed by atoms with E-state index < -0.39 is 10.0 Å². The van der Waals surface area contributed by atoms with Crippen LogP contribution in [-0.4, -0.2) is 13.0 Å². The molecule has 5 nitrogen and oxygen atoms in total. The van der Waals surface area contributed by atoms with Crippen molar-refractivity contribution in [1.82, 2.24) is 4.57 Å². The van der Waals surface area contributed by atoms with E-state index in [0.29, 0.717) is 27.5 Å². The van der Waals surface area contributed by atoms with E-state index in [1.807, 2.05) is 31.2 Å². The molecule has 0 aliphatic rings. The molecule has 1 aromatic heterocycles. The summed E-state index contributed by atoms with van der Waals surface area (Å²) < 4.78 is 30.5. The number of hydrogen-bond donors (Lipinski definition) is 1. The van der Waals surface area contributed by atoms with Crippen LogP contribution in [0, 0.1) is 6.92 Å². The van der Waals surface area contributed by atoms with Gasteiger partial charge in [-0.05, 0) is 54.4 Å². The van der Waals surface area contributed by atoms with Crippen LogP contribution >= 0.6 is 22.9 Å². The smallest absolute Gasteiger partial charge is 0.294 e. The number of aromatic nitrogens is 1. The summed E-state index contributed by atoms with van der Waals surface area (Å²) in [7, 11) is -3.76. The van der Waals surface area contributed by atoms with Gasteiger partial charge in [-0.15, -0.1) is 0 Å². The van der Waals surface area contributed by atoms with Crippen molar-refractivity contribution in [2.75, 3.05) is 4.72 Å². The third-order valence-corrected chi connectivity index (χ3v) is 7.15. The quantitative estimate of drug-likeness (QED) is 0.477. The molecule has 0 aliphatic carbocycles. The van der Waals surface area contributed by atoms with Gasteiger partial charge in [-0.25, -0.2) is 8.42 Å². The predicted octanol–water partition coefficient (Wildman–Crippen LogP) is 4.87.